The first-order valence-corrected chi connectivity index (χ1v) is 10.7. The Morgan fingerprint density at radius 2 is 1.89 bits per heavy atom. The third kappa shape index (κ3) is 4.07. The Kier molecular flexibility index (Phi) is 5.56. The summed E-state index contributed by atoms with van der Waals surface area (Å²) in [5.74, 6) is 1.56. The number of likely N-dealkylation sites (N-methyl/N-ethyl adjacent to an activating group) is 1. The summed E-state index contributed by atoms with van der Waals surface area (Å²) in [7, 11) is 0. The summed E-state index contributed by atoms with van der Waals surface area (Å²) in [6.07, 6.45) is 4.76. The van der Waals surface area contributed by atoms with Crippen LogP contribution < -0.4 is 11.1 Å². The van der Waals surface area contributed by atoms with Crippen molar-refractivity contribution in [3.63, 3.8) is 0 Å². The summed E-state index contributed by atoms with van der Waals surface area (Å²) < 4.78 is 0. The number of nitrogens with one attached hydrogen (secondary N) is 1. The molecule has 0 bridgehead atoms. The number of aromatic nitrogens is 2. The van der Waals surface area contributed by atoms with Gasteiger partial charge >= 0.3 is 0 Å². The first-order chi connectivity index (χ1) is 13.1. The Bertz CT molecular complexity index is 827. The third-order valence-electron chi connectivity index (χ3n) is 5.46. The molecule has 0 aromatic carbocycles. The quantitative estimate of drug-likeness (QED) is 0.805. The maximum absolute atomic E-state index is 11.7. The molecular formula is C19H28N6OS. The fourth-order valence-corrected chi connectivity index (χ4v) is 5.35. The molecule has 1 saturated heterocycles. The van der Waals surface area contributed by atoms with E-state index in [1.807, 2.05) is 6.92 Å². The highest BCUT2D eigenvalue weighted by Crippen LogP contribution is 2.37. The SMILES string of the molecule is CCNC(=O)CN1CCN(Cc2nc(N)c3c4c(sc3n2)CCCC4)CC1. The number of nitrogens with two attached hydrogens (primary N) is 1. The van der Waals surface area contributed by atoms with Crippen molar-refractivity contribution >= 4 is 33.3 Å². The number of anilines is 1. The molecule has 1 aliphatic carbocycles. The Morgan fingerprint density at radius 3 is 2.67 bits per heavy atom. The van der Waals surface area contributed by atoms with Crippen LogP contribution in [0.15, 0.2) is 0 Å². The highest BCUT2D eigenvalue weighted by molar-refractivity contribution is 7.19. The van der Waals surface area contributed by atoms with Crippen molar-refractivity contribution in [2.24, 2.45) is 0 Å². The lowest BCUT2D eigenvalue weighted by Gasteiger charge is -2.33. The van der Waals surface area contributed by atoms with Crippen LogP contribution in [-0.2, 0) is 24.2 Å². The van der Waals surface area contributed by atoms with Crippen LogP contribution in [0.3, 0.4) is 0 Å². The normalized spacial score (nSPS) is 18.6. The molecule has 3 heterocycles. The van der Waals surface area contributed by atoms with Gasteiger partial charge in [-0.1, -0.05) is 0 Å². The van der Waals surface area contributed by atoms with Crippen molar-refractivity contribution in [1.82, 2.24) is 25.1 Å². The summed E-state index contributed by atoms with van der Waals surface area (Å²) >= 11 is 1.80. The van der Waals surface area contributed by atoms with E-state index in [0.29, 0.717) is 18.9 Å². The molecular weight excluding hydrogens is 360 g/mol. The van der Waals surface area contributed by atoms with Gasteiger partial charge in [-0.2, -0.15) is 0 Å². The number of piperazine rings is 1. The van der Waals surface area contributed by atoms with Crippen LogP contribution in [0.4, 0.5) is 5.82 Å². The minimum atomic E-state index is 0.106. The van der Waals surface area contributed by atoms with E-state index in [-0.39, 0.29) is 5.91 Å². The standard InChI is InChI=1S/C19H28N6OS/c1-2-21-16(26)12-25-9-7-24(8-10-25)11-15-22-18(20)17-13-5-3-4-6-14(13)27-19(17)23-15/h2-12H2,1H3,(H,21,26)(H2,20,22,23). The van der Waals surface area contributed by atoms with Crippen LogP contribution in [0.1, 0.15) is 36.0 Å². The van der Waals surface area contributed by atoms with E-state index in [1.165, 1.54) is 23.3 Å². The van der Waals surface area contributed by atoms with Gasteiger partial charge in [-0.15, -0.1) is 11.3 Å². The number of thiophene rings is 1. The lowest BCUT2D eigenvalue weighted by atomic mass is 9.97. The van der Waals surface area contributed by atoms with Gasteiger partial charge in [0.1, 0.15) is 16.5 Å². The fourth-order valence-electron chi connectivity index (χ4n) is 4.06. The highest BCUT2D eigenvalue weighted by Gasteiger charge is 2.22. The highest BCUT2D eigenvalue weighted by atomic mass is 32.1. The number of carbonyl (C=O) groups excluding carboxylic acids is 1. The average molecular weight is 389 g/mol. The van der Waals surface area contributed by atoms with E-state index in [4.69, 9.17) is 10.7 Å². The molecule has 2 aromatic rings. The molecule has 1 aliphatic heterocycles. The Hall–Kier alpha value is -1.77. The number of nitrogen functional groups attached to an aromatic ring is 1. The molecule has 8 heteroatoms. The number of hydrogen-bond donors (Lipinski definition) is 2. The predicted molar refractivity (Wildman–Crippen MR) is 109 cm³/mol. The maximum Gasteiger partial charge on any atom is 0.234 e. The summed E-state index contributed by atoms with van der Waals surface area (Å²) in [6.45, 7) is 7.46. The third-order valence-corrected chi connectivity index (χ3v) is 6.65. The van der Waals surface area contributed by atoms with Gasteiger partial charge in [0.05, 0.1) is 18.5 Å². The number of hydrogen-bond acceptors (Lipinski definition) is 7. The zero-order chi connectivity index (χ0) is 18.8. The molecule has 0 unspecified atom stereocenters. The van der Waals surface area contributed by atoms with Gasteiger partial charge in [-0.05, 0) is 38.2 Å². The number of aryl methyl sites for hydroxylation is 2. The molecule has 0 spiro atoms. The first-order valence-electron chi connectivity index (χ1n) is 9.92. The summed E-state index contributed by atoms with van der Waals surface area (Å²) in [6, 6.07) is 0. The summed E-state index contributed by atoms with van der Waals surface area (Å²) in [4.78, 5) is 28.2. The van der Waals surface area contributed by atoms with Gasteiger partial charge in [-0.25, -0.2) is 9.97 Å². The van der Waals surface area contributed by atoms with E-state index in [9.17, 15) is 4.79 Å². The molecule has 3 N–H and O–H groups in total. The van der Waals surface area contributed by atoms with E-state index in [0.717, 1.165) is 61.6 Å². The molecule has 1 amide bonds. The molecule has 7 nitrogen and oxygen atoms in total. The Labute approximate surface area is 163 Å². The van der Waals surface area contributed by atoms with Crippen molar-refractivity contribution in [2.75, 3.05) is 45.0 Å². The van der Waals surface area contributed by atoms with Crippen LogP contribution in [0.2, 0.25) is 0 Å². The zero-order valence-electron chi connectivity index (χ0n) is 16.0. The van der Waals surface area contributed by atoms with Crippen LogP contribution in [0.5, 0.6) is 0 Å². The van der Waals surface area contributed by atoms with Crippen molar-refractivity contribution in [2.45, 2.75) is 39.2 Å². The van der Waals surface area contributed by atoms with Gasteiger partial charge in [-0.3, -0.25) is 14.6 Å². The average Bonchev–Trinajstić information content (AvgIpc) is 3.02. The number of nitrogens with zero attached hydrogens (tertiary/aromatic N) is 4. The van der Waals surface area contributed by atoms with Crippen molar-refractivity contribution in [1.29, 1.82) is 0 Å². The fraction of sp³-hybridized carbons (Fsp3) is 0.632. The zero-order valence-corrected chi connectivity index (χ0v) is 16.8. The molecule has 0 saturated carbocycles. The smallest absolute Gasteiger partial charge is 0.234 e. The predicted octanol–water partition coefficient (Wildman–Crippen LogP) is 1.41. The molecule has 146 valence electrons. The van der Waals surface area contributed by atoms with E-state index in [1.54, 1.807) is 11.3 Å². The van der Waals surface area contributed by atoms with Gasteiger partial charge < -0.3 is 11.1 Å². The second kappa shape index (κ2) is 8.08. The topological polar surface area (TPSA) is 87.4 Å². The van der Waals surface area contributed by atoms with E-state index >= 15 is 0 Å². The van der Waals surface area contributed by atoms with Gasteiger partial charge in [0.15, 0.2) is 0 Å². The minimum Gasteiger partial charge on any atom is -0.383 e. The monoisotopic (exact) mass is 388 g/mol. The second-order valence-corrected chi connectivity index (χ2v) is 8.51. The molecule has 0 atom stereocenters. The molecule has 2 aromatic heterocycles. The largest absolute Gasteiger partial charge is 0.383 e. The van der Waals surface area contributed by atoms with Gasteiger partial charge in [0.25, 0.3) is 0 Å². The van der Waals surface area contributed by atoms with Crippen LogP contribution >= 0.6 is 11.3 Å². The van der Waals surface area contributed by atoms with Gasteiger partial charge in [0, 0.05) is 37.6 Å². The molecule has 27 heavy (non-hydrogen) atoms. The molecule has 1 fully saturated rings. The van der Waals surface area contributed by atoms with Crippen LogP contribution in [-0.4, -0.2) is 64.9 Å². The maximum atomic E-state index is 11.7. The number of fused-ring (bicyclic) bond motifs is 3. The van der Waals surface area contributed by atoms with E-state index in [2.05, 4.69) is 20.1 Å². The Balaban J connectivity index is 1.40. The lowest BCUT2D eigenvalue weighted by molar-refractivity contribution is -0.122. The minimum absolute atomic E-state index is 0.106. The van der Waals surface area contributed by atoms with Gasteiger partial charge in [0.2, 0.25) is 5.91 Å². The molecule has 0 radical (unpaired) electrons. The van der Waals surface area contributed by atoms with E-state index < -0.39 is 0 Å². The van der Waals surface area contributed by atoms with Crippen molar-refractivity contribution in [3.05, 3.63) is 16.3 Å². The number of amides is 1. The van der Waals surface area contributed by atoms with Crippen molar-refractivity contribution in [3.8, 4) is 0 Å². The molecule has 4 rings (SSSR count). The molecule has 2 aliphatic rings. The summed E-state index contributed by atoms with van der Waals surface area (Å²) in [5.41, 5.74) is 7.71. The number of rotatable bonds is 5. The lowest BCUT2D eigenvalue weighted by Crippen LogP contribution is -2.49. The Morgan fingerprint density at radius 1 is 1.15 bits per heavy atom. The number of carbonyl (C=O) groups is 1. The van der Waals surface area contributed by atoms with Crippen LogP contribution in [0, 0.1) is 0 Å². The second-order valence-electron chi connectivity index (χ2n) is 7.42. The first kappa shape index (κ1) is 18.6. The summed E-state index contributed by atoms with van der Waals surface area (Å²) in [5, 5.41) is 3.96. The van der Waals surface area contributed by atoms with Crippen LogP contribution in [0.25, 0.3) is 10.2 Å². The van der Waals surface area contributed by atoms with Crippen molar-refractivity contribution < 1.29 is 4.79 Å².